The number of H-pyrrole nitrogens is 1. The number of benzene rings is 1. The van der Waals surface area contributed by atoms with Crippen molar-refractivity contribution in [2.24, 2.45) is 0 Å². The third-order valence-electron chi connectivity index (χ3n) is 4.15. The number of hydrogen-bond acceptors (Lipinski definition) is 5. The van der Waals surface area contributed by atoms with E-state index < -0.39 is 6.61 Å². The number of anilines is 1. The summed E-state index contributed by atoms with van der Waals surface area (Å²) in [6.45, 7) is -1.07. The van der Waals surface area contributed by atoms with Crippen LogP contribution >= 0.6 is 0 Å². The van der Waals surface area contributed by atoms with Crippen LogP contribution in [0.25, 0.3) is 11.0 Å². The molecular weight excluding hydrogens is 330 g/mol. The highest BCUT2D eigenvalue weighted by Crippen LogP contribution is 2.30. The monoisotopic (exact) mass is 346 g/mol. The Balaban J connectivity index is 1.58. The number of rotatable bonds is 4. The van der Waals surface area contributed by atoms with Crippen LogP contribution in [0.15, 0.2) is 42.9 Å². The zero-order valence-electron chi connectivity index (χ0n) is 13.2. The summed E-state index contributed by atoms with van der Waals surface area (Å²) in [6.07, 6.45) is 3.10. The number of fused-ring (bicyclic) bond motifs is 1. The van der Waals surface area contributed by atoms with Gasteiger partial charge in [0.15, 0.2) is 0 Å². The topological polar surface area (TPSA) is 63.3 Å². The Morgan fingerprint density at radius 2 is 2.20 bits per heavy atom. The minimum atomic E-state index is -2.85. The van der Waals surface area contributed by atoms with Gasteiger partial charge in [-0.2, -0.15) is 8.78 Å². The van der Waals surface area contributed by atoms with Crippen LogP contribution in [0.3, 0.4) is 0 Å². The van der Waals surface area contributed by atoms with Gasteiger partial charge in [0.2, 0.25) is 0 Å². The first-order chi connectivity index (χ1) is 12.2. The van der Waals surface area contributed by atoms with E-state index in [-0.39, 0.29) is 11.9 Å². The first-order valence-electron chi connectivity index (χ1n) is 7.90. The van der Waals surface area contributed by atoms with Gasteiger partial charge in [0.05, 0.1) is 12.0 Å². The lowest BCUT2D eigenvalue weighted by Crippen LogP contribution is -2.39. The van der Waals surface area contributed by atoms with E-state index >= 15 is 0 Å². The van der Waals surface area contributed by atoms with Crippen molar-refractivity contribution in [1.82, 2.24) is 15.0 Å². The average Bonchev–Trinajstić information content (AvgIpc) is 3.10. The maximum absolute atomic E-state index is 12.4. The van der Waals surface area contributed by atoms with E-state index in [1.165, 1.54) is 12.4 Å². The highest BCUT2D eigenvalue weighted by molar-refractivity contribution is 5.87. The smallest absolute Gasteiger partial charge is 0.387 e. The van der Waals surface area contributed by atoms with Crippen molar-refractivity contribution < 1.29 is 18.3 Å². The summed E-state index contributed by atoms with van der Waals surface area (Å²) in [5, 5.41) is 0.943. The van der Waals surface area contributed by atoms with Crippen LogP contribution in [0.1, 0.15) is 11.7 Å². The second kappa shape index (κ2) is 6.64. The maximum atomic E-state index is 12.4. The second-order valence-electron chi connectivity index (χ2n) is 5.69. The minimum absolute atomic E-state index is 0.128. The third kappa shape index (κ3) is 3.25. The molecule has 0 radical (unpaired) electrons. The van der Waals surface area contributed by atoms with E-state index in [1.54, 1.807) is 12.1 Å². The summed E-state index contributed by atoms with van der Waals surface area (Å²) in [6, 6.07) is 8.56. The molecule has 1 unspecified atom stereocenters. The molecule has 0 bridgehead atoms. The zero-order chi connectivity index (χ0) is 17.2. The van der Waals surface area contributed by atoms with Crippen molar-refractivity contribution in [3.63, 3.8) is 0 Å². The molecule has 25 heavy (non-hydrogen) atoms. The molecule has 3 heterocycles. The number of nitrogens with zero attached hydrogens (tertiary/aromatic N) is 3. The summed E-state index contributed by atoms with van der Waals surface area (Å²) < 4.78 is 35.1. The molecule has 1 atom stereocenters. The fourth-order valence-corrected chi connectivity index (χ4v) is 3.05. The molecule has 3 aromatic rings. The van der Waals surface area contributed by atoms with Gasteiger partial charge in [-0.1, -0.05) is 12.1 Å². The Morgan fingerprint density at radius 1 is 1.28 bits per heavy atom. The third-order valence-corrected chi connectivity index (χ3v) is 4.15. The van der Waals surface area contributed by atoms with Crippen molar-refractivity contribution in [1.29, 1.82) is 0 Å². The van der Waals surface area contributed by atoms with E-state index in [1.807, 2.05) is 18.3 Å². The standard InChI is InChI=1S/C17H16F2N4O2/c18-17(19)25-12-3-1-2-11(8-12)14-9-23(6-7-24-14)16-13-4-5-20-15(13)21-10-22-16/h1-5,8,10,14,17H,6-7,9H2,(H,20,21,22). The number of ether oxygens (including phenoxy) is 2. The van der Waals surface area contributed by atoms with E-state index in [2.05, 4.69) is 24.6 Å². The average molecular weight is 346 g/mol. The van der Waals surface area contributed by atoms with Gasteiger partial charge in [0, 0.05) is 19.3 Å². The molecule has 0 amide bonds. The number of hydrogen-bond donors (Lipinski definition) is 1. The molecule has 1 aromatic carbocycles. The van der Waals surface area contributed by atoms with Crippen molar-refractivity contribution in [2.45, 2.75) is 12.7 Å². The van der Waals surface area contributed by atoms with Crippen LogP contribution in [0.2, 0.25) is 0 Å². The van der Waals surface area contributed by atoms with Gasteiger partial charge in [-0.15, -0.1) is 0 Å². The Morgan fingerprint density at radius 3 is 3.08 bits per heavy atom. The van der Waals surface area contributed by atoms with E-state index in [4.69, 9.17) is 4.74 Å². The molecule has 1 aliphatic rings. The van der Waals surface area contributed by atoms with Crippen molar-refractivity contribution in [3.8, 4) is 5.75 Å². The summed E-state index contributed by atoms with van der Waals surface area (Å²) >= 11 is 0. The zero-order valence-corrected chi connectivity index (χ0v) is 13.2. The largest absolute Gasteiger partial charge is 0.435 e. The molecule has 1 saturated heterocycles. The number of aromatic nitrogens is 3. The Bertz CT molecular complexity index is 870. The molecule has 0 saturated carbocycles. The molecule has 0 aliphatic carbocycles. The van der Waals surface area contributed by atoms with Crippen LogP contribution in [0.4, 0.5) is 14.6 Å². The molecule has 1 aliphatic heterocycles. The van der Waals surface area contributed by atoms with Crippen molar-refractivity contribution in [3.05, 3.63) is 48.4 Å². The van der Waals surface area contributed by atoms with Gasteiger partial charge < -0.3 is 19.4 Å². The second-order valence-corrected chi connectivity index (χ2v) is 5.69. The van der Waals surface area contributed by atoms with Gasteiger partial charge in [0.1, 0.15) is 29.6 Å². The molecule has 1 N–H and O–H groups in total. The molecule has 130 valence electrons. The minimum Gasteiger partial charge on any atom is -0.435 e. The van der Waals surface area contributed by atoms with E-state index in [0.717, 1.165) is 22.4 Å². The van der Waals surface area contributed by atoms with Crippen LogP contribution in [0, 0.1) is 0 Å². The van der Waals surface area contributed by atoms with Crippen LogP contribution < -0.4 is 9.64 Å². The summed E-state index contributed by atoms with van der Waals surface area (Å²) in [4.78, 5) is 13.8. The van der Waals surface area contributed by atoms with E-state index in [0.29, 0.717) is 19.7 Å². The van der Waals surface area contributed by atoms with Crippen LogP contribution in [0.5, 0.6) is 5.75 Å². The van der Waals surface area contributed by atoms with Crippen LogP contribution in [-0.2, 0) is 4.74 Å². The molecule has 2 aromatic heterocycles. The highest BCUT2D eigenvalue weighted by Gasteiger charge is 2.25. The first-order valence-corrected chi connectivity index (χ1v) is 7.90. The quantitative estimate of drug-likeness (QED) is 0.786. The van der Waals surface area contributed by atoms with Crippen molar-refractivity contribution >= 4 is 16.9 Å². The van der Waals surface area contributed by atoms with Crippen molar-refractivity contribution in [2.75, 3.05) is 24.6 Å². The van der Waals surface area contributed by atoms with Crippen LogP contribution in [-0.4, -0.2) is 41.3 Å². The fraction of sp³-hybridized carbons (Fsp3) is 0.294. The fourth-order valence-electron chi connectivity index (χ4n) is 3.05. The number of halogens is 2. The molecule has 0 spiro atoms. The normalized spacial score (nSPS) is 18.0. The molecule has 8 heteroatoms. The maximum Gasteiger partial charge on any atom is 0.387 e. The SMILES string of the molecule is FC(F)Oc1cccc(C2CN(c3ncnc4[nH]ccc34)CCO2)c1. The predicted molar refractivity (Wildman–Crippen MR) is 87.9 cm³/mol. The lowest BCUT2D eigenvalue weighted by molar-refractivity contribution is -0.0501. The number of aromatic amines is 1. The van der Waals surface area contributed by atoms with Gasteiger partial charge in [0.25, 0.3) is 0 Å². The number of nitrogens with one attached hydrogen (secondary N) is 1. The molecular formula is C17H16F2N4O2. The molecule has 4 rings (SSSR count). The lowest BCUT2D eigenvalue weighted by atomic mass is 10.1. The summed E-state index contributed by atoms with van der Waals surface area (Å²) in [5.41, 5.74) is 1.57. The first kappa shape index (κ1) is 15.8. The van der Waals surface area contributed by atoms with E-state index in [9.17, 15) is 8.78 Å². The summed E-state index contributed by atoms with van der Waals surface area (Å²) in [7, 11) is 0. The summed E-state index contributed by atoms with van der Waals surface area (Å²) in [5.74, 6) is 0.961. The highest BCUT2D eigenvalue weighted by atomic mass is 19.3. The Labute approximate surface area is 142 Å². The number of morpholine rings is 1. The van der Waals surface area contributed by atoms with Gasteiger partial charge in [-0.25, -0.2) is 9.97 Å². The molecule has 1 fully saturated rings. The molecule has 6 nitrogen and oxygen atoms in total. The Hall–Kier alpha value is -2.74. The number of alkyl halides is 2. The van der Waals surface area contributed by atoms with Gasteiger partial charge >= 0.3 is 6.61 Å². The van der Waals surface area contributed by atoms with Gasteiger partial charge in [-0.05, 0) is 23.8 Å². The van der Waals surface area contributed by atoms with Gasteiger partial charge in [-0.3, -0.25) is 0 Å². The predicted octanol–water partition coefficient (Wildman–Crippen LogP) is 3.14. The lowest BCUT2D eigenvalue weighted by Gasteiger charge is -2.34. The Kier molecular flexibility index (Phi) is 4.19.